The number of ether oxygens (including phenoxy) is 1. The molecule has 0 aliphatic carbocycles. The number of hydrogen-bond acceptors (Lipinski definition) is 4. The zero-order chi connectivity index (χ0) is 12.2. The molecule has 1 aliphatic heterocycles. The molecule has 0 aromatic rings. The average Bonchev–Trinajstić information content (AvgIpc) is 2.25. The van der Waals surface area contributed by atoms with Crippen LogP contribution in [0.2, 0.25) is 0 Å². The summed E-state index contributed by atoms with van der Waals surface area (Å²) in [6, 6.07) is 0. The molecule has 1 heterocycles. The Kier molecular flexibility index (Phi) is 5.13. The van der Waals surface area contributed by atoms with Gasteiger partial charge in [0.05, 0.1) is 12.7 Å². The van der Waals surface area contributed by atoms with Gasteiger partial charge in [-0.3, -0.25) is 0 Å². The second-order valence-corrected chi connectivity index (χ2v) is 5.98. The van der Waals surface area contributed by atoms with Crippen molar-refractivity contribution in [2.45, 2.75) is 19.4 Å². The molecule has 1 saturated heterocycles. The molecule has 7 heteroatoms. The minimum atomic E-state index is -3.39. The lowest BCUT2D eigenvalue weighted by Gasteiger charge is -2.33. The maximum atomic E-state index is 12.1. The minimum Gasteiger partial charge on any atom is -0.396 e. The van der Waals surface area contributed by atoms with Crippen LogP contribution in [0.1, 0.15) is 13.3 Å². The largest absolute Gasteiger partial charge is 0.396 e. The first-order chi connectivity index (χ1) is 7.48. The molecule has 0 saturated carbocycles. The van der Waals surface area contributed by atoms with E-state index in [9.17, 15) is 8.42 Å². The number of aliphatic hydroxyl groups excluding tert-OH is 1. The van der Waals surface area contributed by atoms with E-state index in [1.807, 2.05) is 6.92 Å². The van der Waals surface area contributed by atoms with Crippen molar-refractivity contribution in [1.82, 2.24) is 8.61 Å². The molecular weight excluding hydrogens is 232 g/mol. The van der Waals surface area contributed by atoms with Crippen LogP contribution < -0.4 is 0 Å². The summed E-state index contributed by atoms with van der Waals surface area (Å²) in [5.41, 5.74) is 0. The fraction of sp³-hybridized carbons (Fsp3) is 1.00. The van der Waals surface area contributed by atoms with Crippen LogP contribution in [0.4, 0.5) is 0 Å². The van der Waals surface area contributed by atoms with Gasteiger partial charge in [0.1, 0.15) is 0 Å². The standard InChI is InChI=1S/C9H20N2O4S/c1-9-8-11(5-7-15-9)16(13,14)10(2)4-3-6-12/h9,12H,3-8H2,1-2H3. The van der Waals surface area contributed by atoms with Gasteiger partial charge in [-0.2, -0.15) is 17.0 Å². The van der Waals surface area contributed by atoms with Crippen LogP contribution in [0, 0.1) is 0 Å². The molecule has 0 aromatic heterocycles. The Labute approximate surface area is 97.0 Å². The van der Waals surface area contributed by atoms with E-state index < -0.39 is 10.2 Å². The van der Waals surface area contributed by atoms with Crippen molar-refractivity contribution in [2.24, 2.45) is 0 Å². The summed E-state index contributed by atoms with van der Waals surface area (Å²) in [6.07, 6.45) is 0.394. The van der Waals surface area contributed by atoms with Gasteiger partial charge in [0, 0.05) is 33.3 Å². The summed E-state index contributed by atoms with van der Waals surface area (Å²) in [5.74, 6) is 0. The zero-order valence-corrected chi connectivity index (χ0v) is 10.6. The highest BCUT2D eigenvalue weighted by Gasteiger charge is 2.30. The molecule has 1 atom stereocenters. The summed E-state index contributed by atoms with van der Waals surface area (Å²) in [5, 5.41) is 8.68. The molecule has 6 nitrogen and oxygen atoms in total. The van der Waals surface area contributed by atoms with Gasteiger partial charge in [0.2, 0.25) is 0 Å². The molecular formula is C9H20N2O4S. The normalized spacial score (nSPS) is 23.9. The summed E-state index contributed by atoms with van der Waals surface area (Å²) >= 11 is 0. The third-order valence-corrected chi connectivity index (χ3v) is 4.51. The summed E-state index contributed by atoms with van der Waals surface area (Å²) in [6.45, 7) is 3.43. The fourth-order valence-electron chi connectivity index (χ4n) is 1.60. The smallest absolute Gasteiger partial charge is 0.281 e. The summed E-state index contributed by atoms with van der Waals surface area (Å²) < 4.78 is 32.1. The SMILES string of the molecule is CC1CN(S(=O)(=O)N(C)CCCO)CCO1. The Bertz CT molecular complexity index is 307. The van der Waals surface area contributed by atoms with Crippen LogP contribution in [0.5, 0.6) is 0 Å². The molecule has 1 N–H and O–H groups in total. The third kappa shape index (κ3) is 3.39. The number of nitrogens with zero attached hydrogens (tertiary/aromatic N) is 2. The molecule has 0 radical (unpaired) electrons. The lowest BCUT2D eigenvalue weighted by Crippen LogP contribution is -2.49. The summed E-state index contributed by atoms with van der Waals surface area (Å²) in [7, 11) is -1.86. The van der Waals surface area contributed by atoms with Gasteiger partial charge in [-0.1, -0.05) is 0 Å². The predicted molar refractivity (Wildman–Crippen MR) is 60.2 cm³/mol. The Morgan fingerprint density at radius 2 is 2.25 bits per heavy atom. The first-order valence-corrected chi connectivity index (χ1v) is 6.82. The van der Waals surface area contributed by atoms with E-state index in [2.05, 4.69) is 0 Å². The number of morpholine rings is 1. The van der Waals surface area contributed by atoms with Crippen molar-refractivity contribution in [2.75, 3.05) is 39.9 Å². The highest BCUT2D eigenvalue weighted by Crippen LogP contribution is 2.12. The first kappa shape index (κ1) is 13.9. The number of rotatable bonds is 5. The molecule has 0 aromatic carbocycles. The van der Waals surface area contributed by atoms with Crippen LogP contribution in [0.25, 0.3) is 0 Å². The third-order valence-electron chi connectivity index (χ3n) is 2.56. The van der Waals surface area contributed by atoms with E-state index in [-0.39, 0.29) is 12.7 Å². The van der Waals surface area contributed by atoms with Gasteiger partial charge in [-0.15, -0.1) is 0 Å². The molecule has 1 unspecified atom stereocenters. The van der Waals surface area contributed by atoms with Crippen molar-refractivity contribution < 1.29 is 18.3 Å². The predicted octanol–water partition coefficient (Wildman–Crippen LogP) is -0.734. The quantitative estimate of drug-likeness (QED) is 0.700. The molecule has 16 heavy (non-hydrogen) atoms. The second kappa shape index (κ2) is 5.92. The van der Waals surface area contributed by atoms with Gasteiger partial charge in [-0.05, 0) is 13.3 Å². The van der Waals surface area contributed by atoms with Crippen LogP contribution in [-0.2, 0) is 14.9 Å². The van der Waals surface area contributed by atoms with Gasteiger partial charge in [0.15, 0.2) is 0 Å². The topological polar surface area (TPSA) is 70.1 Å². The van der Waals surface area contributed by atoms with E-state index in [4.69, 9.17) is 9.84 Å². The van der Waals surface area contributed by atoms with Crippen LogP contribution >= 0.6 is 0 Å². The van der Waals surface area contributed by atoms with Crippen molar-refractivity contribution >= 4 is 10.2 Å². The van der Waals surface area contributed by atoms with Crippen molar-refractivity contribution in [1.29, 1.82) is 0 Å². The molecule has 1 fully saturated rings. The first-order valence-electron chi connectivity index (χ1n) is 5.42. The number of aliphatic hydroxyl groups is 1. The van der Waals surface area contributed by atoms with Crippen molar-refractivity contribution in [3.63, 3.8) is 0 Å². The van der Waals surface area contributed by atoms with E-state index in [0.717, 1.165) is 0 Å². The Morgan fingerprint density at radius 1 is 1.56 bits per heavy atom. The highest BCUT2D eigenvalue weighted by molar-refractivity contribution is 7.86. The monoisotopic (exact) mass is 252 g/mol. The van der Waals surface area contributed by atoms with Crippen molar-refractivity contribution in [3.05, 3.63) is 0 Å². The lowest BCUT2D eigenvalue weighted by molar-refractivity contribution is 0.00849. The Morgan fingerprint density at radius 3 is 2.81 bits per heavy atom. The van der Waals surface area contributed by atoms with Gasteiger partial charge in [0.25, 0.3) is 10.2 Å². The molecule has 0 spiro atoms. The maximum Gasteiger partial charge on any atom is 0.281 e. The fourth-order valence-corrected chi connectivity index (χ4v) is 3.06. The highest BCUT2D eigenvalue weighted by atomic mass is 32.2. The summed E-state index contributed by atoms with van der Waals surface area (Å²) in [4.78, 5) is 0. The maximum absolute atomic E-state index is 12.1. The van der Waals surface area contributed by atoms with Gasteiger partial charge in [-0.25, -0.2) is 0 Å². The van der Waals surface area contributed by atoms with Crippen LogP contribution in [-0.4, -0.2) is 68.1 Å². The van der Waals surface area contributed by atoms with Crippen LogP contribution in [0.3, 0.4) is 0 Å². The minimum absolute atomic E-state index is 0.000621. The molecule has 96 valence electrons. The van der Waals surface area contributed by atoms with E-state index in [0.29, 0.717) is 32.7 Å². The Hall–Kier alpha value is -0.210. The van der Waals surface area contributed by atoms with Gasteiger partial charge >= 0.3 is 0 Å². The molecule has 1 aliphatic rings. The Balaban J connectivity index is 2.61. The molecule has 0 amide bonds. The molecule has 0 bridgehead atoms. The average molecular weight is 252 g/mol. The van der Waals surface area contributed by atoms with Crippen LogP contribution in [0.15, 0.2) is 0 Å². The lowest BCUT2D eigenvalue weighted by atomic mass is 10.3. The second-order valence-electron chi connectivity index (χ2n) is 3.95. The van der Waals surface area contributed by atoms with E-state index >= 15 is 0 Å². The van der Waals surface area contributed by atoms with Gasteiger partial charge < -0.3 is 9.84 Å². The number of hydrogen-bond donors (Lipinski definition) is 1. The van der Waals surface area contributed by atoms with E-state index in [1.165, 1.54) is 15.7 Å². The zero-order valence-electron chi connectivity index (χ0n) is 9.79. The molecule has 1 rings (SSSR count). The van der Waals surface area contributed by atoms with Crippen molar-refractivity contribution in [3.8, 4) is 0 Å². The van der Waals surface area contributed by atoms with E-state index in [1.54, 1.807) is 0 Å².